The number of amides is 1. The SMILES string of the molecule is CC1CN(C(=O)C(C)(C)C(=O)O)CCC1O. The van der Waals surface area contributed by atoms with Crippen molar-refractivity contribution in [1.29, 1.82) is 0 Å². The Labute approximate surface area is 95.1 Å². The number of piperidine rings is 1. The van der Waals surface area contributed by atoms with Gasteiger partial charge in [0.15, 0.2) is 0 Å². The predicted octanol–water partition coefficient (Wildman–Crippen LogP) is 0.326. The van der Waals surface area contributed by atoms with Gasteiger partial charge in [-0.15, -0.1) is 0 Å². The van der Waals surface area contributed by atoms with Crippen molar-refractivity contribution in [3.8, 4) is 0 Å². The number of nitrogens with zero attached hydrogens (tertiary/aromatic N) is 1. The number of carbonyl (C=O) groups is 2. The topological polar surface area (TPSA) is 77.8 Å². The zero-order valence-corrected chi connectivity index (χ0v) is 9.93. The molecule has 2 atom stereocenters. The van der Waals surface area contributed by atoms with Crippen LogP contribution in [0.25, 0.3) is 0 Å². The molecule has 0 saturated carbocycles. The molecule has 0 radical (unpaired) electrons. The number of carboxylic acid groups (broad SMARTS) is 1. The Kier molecular flexibility index (Phi) is 3.57. The normalized spacial score (nSPS) is 26.6. The summed E-state index contributed by atoms with van der Waals surface area (Å²) in [6, 6.07) is 0. The van der Waals surface area contributed by atoms with E-state index in [1.54, 1.807) is 0 Å². The monoisotopic (exact) mass is 229 g/mol. The number of hydrogen-bond acceptors (Lipinski definition) is 3. The molecule has 1 aliphatic heterocycles. The second-order valence-electron chi connectivity index (χ2n) is 5.01. The van der Waals surface area contributed by atoms with Gasteiger partial charge in [0.25, 0.3) is 0 Å². The molecule has 1 rings (SSSR count). The van der Waals surface area contributed by atoms with E-state index in [0.29, 0.717) is 19.5 Å². The number of aliphatic hydroxyl groups is 1. The maximum absolute atomic E-state index is 12.0. The van der Waals surface area contributed by atoms with E-state index in [-0.39, 0.29) is 11.8 Å². The van der Waals surface area contributed by atoms with Gasteiger partial charge in [0.2, 0.25) is 5.91 Å². The lowest BCUT2D eigenvalue weighted by Crippen LogP contribution is -2.51. The Hall–Kier alpha value is -1.10. The minimum Gasteiger partial charge on any atom is -0.480 e. The highest BCUT2D eigenvalue weighted by Crippen LogP contribution is 2.24. The number of aliphatic hydroxyl groups excluding tert-OH is 1. The fraction of sp³-hybridized carbons (Fsp3) is 0.818. The summed E-state index contributed by atoms with van der Waals surface area (Å²) in [6.07, 6.45) is 0.125. The van der Waals surface area contributed by atoms with Crippen LogP contribution in [0, 0.1) is 11.3 Å². The van der Waals surface area contributed by atoms with Crippen LogP contribution >= 0.6 is 0 Å². The second-order valence-corrected chi connectivity index (χ2v) is 5.01. The maximum Gasteiger partial charge on any atom is 0.318 e. The molecule has 1 saturated heterocycles. The van der Waals surface area contributed by atoms with Gasteiger partial charge in [0, 0.05) is 13.1 Å². The van der Waals surface area contributed by atoms with E-state index in [4.69, 9.17) is 5.11 Å². The number of hydrogen-bond donors (Lipinski definition) is 2. The van der Waals surface area contributed by atoms with Gasteiger partial charge in [-0.2, -0.15) is 0 Å². The number of rotatable bonds is 2. The standard InChI is InChI=1S/C11H19NO4/c1-7-6-12(5-4-8(7)13)9(14)11(2,3)10(15)16/h7-8,13H,4-6H2,1-3H3,(H,15,16). The molecule has 1 aliphatic rings. The smallest absolute Gasteiger partial charge is 0.318 e. The summed E-state index contributed by atoms with van der Waals surface area (Å²) >= 11 is 0. The Morgan fingerprint density at radius 1 is 1.38 bits per heavy atom. The molecule has 0 aromatic carbocycles. The second kappa shape index (κ2) is 4.41. The van der Waals surface area contributed by atoms with Gasteiger partial charge < -0.3 is 15.1 Å². The molecule has 2 N–H and O–H groups in total. The van der Waals surface area contributed by atoms with Crippen molar-refractivity contribution < 1.29 is 19.8 Å². The first-order valence-corrected chi connectivity index (χ1v) is 5.47. The van der Waals surface area contributed by atoms with E-state index in [2.05, 4.69) is 0 Å². The minimum absolute atomic E-state index is 0.00212. The van der Waals surface area contributed by atoms with E-state index in [1.807, 2.05) is 6.92 Å². The minimum atomic E-state index is -1.39. The van der Waals surface area contributed by atoms with E-state index >= 15 is 0 Å². The van der Waals surface area contributed by atoms with E-state index in [1.165, 1.54) is 18.7 Å². The van der Waals surface area contributed by atoms with Crippen molar-refractivity contribution in [3.63, 3.8) is 0 Å². The summed E-state index contributed by atoms with van der Waals surface area (Å²) < 4.78 is 0. The fourth-order valence-electron chi connectivity index (χ4n) is 1.80. The molecule has 2 unspecified atom stereocenters. The molecule has 0 aliphatic carbocycles. The van der Waals surface area contributed by atoms with Crippen molar-refractivity contribution in [1.82, 2.24) is 4.90 Å². The lowest BCUT2D eigenvalue weighted by Gasteiger charge is -2.37. The summed E-state index contributed by atoms with van der Waals surface area (Å²) in [4.78, 5) is 24.5. The Morgan fingerprint density at radius 2 is 1.94 bits per heavy atom. The lowest BCUT2D eigenvalue weighted by atomic mass is 9.89. The number of carbonyl (C=O) groups excluding carboxylic acids is 1. The number of likely N-dealkylation sites (tertiary alicyclic amines) is 1. The first-order valence-electron chi connectivity index (χ1n) is 5.47. The quantitative estimate of drug-likeness (QED) is 0.669. The molecular formula is C11H19NO4. The average molecular weight is 229 g/mol. The maximum atomic E-state index is 12.0. The molecule has 1 amide bonds. The first kappa shape index (κ1) is 13.0. The molecule has 0 spiro atoms. The Balaban J connectivity index is 2.73. The van der Waals surface area contributed by atoms with Gasteiger partial charge in [0.05, 0.1) is 6.10 Å². The van der Waals surface area contributed by atoms with Crippen LogP contribution in [0.1, 0.15) is 27.2 Å². The molecule has 5 nitrogen and oxygen atoms in total. The lowest BCUT2D eigenvalue weighted by molar-refractivity contribution is -0.159. The van der Waals surface area contributed by atoms with E-state index in [9.17, 15) is 14.7 Å². The van der Waals surface area contributed by atoms with Gasteiger partial charge in [-0.3, -0.25) is 9.59 Å². The first-order chi connectivity index (χ1) is 7.26. The highest BCUT2D eigenvalue weighted by atomic mass is 16.4. The predicted molar refractivity (Wildman–Crippen MR) is 57.8 cm³/mol. The van der Waals surface area contributed by atoms with E-state index < -0.39 is 17.5 Å². The van der Waals surface area contributed by atoms with Crippen LogP contribution in [0.3, 0.4) is 0 Å². The van der Waals surface area contributed by atoms with Gasteiger partial charge in [-0.25, -0.2) is 0 Å². The Morgan fingerprint density at radius 3 is 2.38 bits per heavy atom. The third-order valence-corrected chi connectivity index (χ3v) is 3.22. The third kappa shape index (κ3) is 2.35. The molecule has 1 heterocycles. The van der Waals surface area contributed by atoms with Crippen LogP contribution in [0.5, 0.6) is 0 Å². The molecule has 0 bridgehead atoms. The summed E-state index contributed by atoms with van der Waals surface area (Å²) in [5.41, 5.74) is -1.39. The zero-order valence-electron chi connectivity index (χ0n) is 9.93. The van der Waals surface area contributed by atoms with E-state index in [0.717, 1.165) is 0 Å². The van der Waals surface area contributed by atoms with Crippen LogP contribution in [-0.4, -0.2) is 46.2 Å². The van der Waals surface area contributed by atoms with Crippen molar-refractivity contribution >= 4 is 11.9 Å². The van der Waals surface area contributed by atoms with Gasteiger partial charge in [0.1, 0.15) is 5.41 Å². The van der Waals surface area contributed by atoms with Gasteiger partial charge in [-0.05, 0) is 26.2 Å². The molecule has 0 aromatic rings. The zero-order chi connectivity index (χ0) is 12.5. The summed E-state index contributed by atoms with van der Waals surface area (Å²) in [5.74, 6) is -1.49. The fourth-order valence-corrected chi connectivity index (χ4v) is 1.80. The van der Waals surface area contributed by atoms with Crippen LogP contribution in [0.15, 0.2) is 0 Å². The van der Waals surface area contributed by atoms with Crippen molar-refractivity contribution in [2.75, 3.05) is 13.1 Å². The number of carboxylic acids is 1. The molecule has 5 heteroatoms. The van der Waals surface area contributed by atoms with Gasteiger partial charge >= 0.3 is 5.97 Å². The highest BCUT2D eigenvalue weighted by molar-refractivity contribution is 6.01. The molecule has 0 aromatic heterocycles. The summed E-state index contributed by atoms with van der Waals surface area (Å²) in [7, 11) is 0. The molecule has 92 valence electrons. The largest absolute Gasteiger partial charge is 0.480 e. The van der Waals surface area contributed by atoms with Crippen molar-refractivity contribution in [3.05, 3.63) is 0 Å². The molecular weight excluding hydrogens is 210 g/mol. The Bertz CT molecular complexity index is 300. The third-order valence-electron chi connectivity index (χ3n) is 3.22. The van der Waals surface area contributed by atoms with Crippen LogP contribution < -0.4 is 0 Å². The number of aliphatic carboxylic acids is 1. The van der Waals surface area contributed by atoms with Crippen LogP contribution in [-0.2, 0) is 9.59 Å². The average Bonchev–Trinajstić information content (AvgIpc) is 2.20. The molecule has 1 fully saturated rings. The van der Waals surface area contributed by atoms with Crippen LogP contribution in [0.2, 0.25) is 0 Å². The highest BCUT2D eigenvalue weighted by Gasteiger charge is 2.41. The summed E-state index contributed by atoms with van der Waals surface area (Å²) in [5, 5.41) is 18.5. The van der Waals surface area contributed by atoms with Crippen molar-refractivity contribution in [2.45, 2.75) is 33.3 Å². The summed E-state index contributed by atoms with van der Waals surface area (Å²) in [6.45, 7) is 5.54. The van der Waals surface area contributed by atoms with Crippen molar-refractivity contribution in [2.24, 2.45) is 11.3 Å². The molecule has 16 heavy (non-hydrogen) atoms. The van der Waals surface area contributed by atoms with Gasteiger partial charge in [-0.1, -0.05) is 6.92 Å². The van der Waals surface area contributed by atoms with Crippen LogP contribution in [0.4, 0.5) is 0 Å².